The molecule has 1 atom stereocenters. The number of aliphatic imine (C=N–C) groups is 1. The molecule has 0 aromatic carbocycles. The van der Waals surface area contributed by atoms with Crippen molar-refractivity contribution in [1.82, 2.24) is 0 Å². The monoisotopic (exact) mass is 258 g/mol. The summed E-state index contributed by atoms with van der Waals surface area (Å²) in [5, 5.41) is 8.82. The SMILES string of the molecule is N#CC1=C(C(F)(F)F)C2CCCCC2=NC1=S. The molecule has 2 rings (SSSR count). The summed E-state index contributed by atoms with van der Waals surface area (Å²) in [6, 6.07) is 1.55. The predicted octanol–water partition coefficient (Wildman–Crippen LogP) is 3.34. The zero-order chi connectivity index (χ0) is 12.6. The summed E-state index contributed by atoms with van der Waals surface area (Å²) in [6.07, 6.45) is -1.98. The van der Waals surface area contributed by atoms with Crippen molar-refractivity contribution >= 4 is 22.9 Å². The normalized spacial score (nSPS) is 25.2. The molecule has 0 bridgehead atoms. The average Bonchev–Trinajstić information content (AvgIpc) is 2.25. The van der Waals surface area contributed by atoms with Crippen LogP contribution in [0.2, 0.25) is 0 Å². The highest BCUT2D eigenvalue weighted by Gasteiger charge is 2.46. The molecule has 0 aromatic heterocycles. The van der Waals surface area contributed by atoms with Gasteiger partial charge < -0.3 is 0 Å². The number of thiocarbonyl (C=S) groups is 1. The number of alkyl halides is 3. The van der Waals surface area contributed by atoms with Crippen molar-refractivity contribution in [2.75, 3.05) is 0 Å². The molecule has 0 saturated heterocycles. The van der Waals surface area contributed by atoms with Crippen molar-refractivity contribution in [3.8, 4) is 6.07 Å². The van der Waals surface area contributed by atoms with E-state index in [9.17, 15) is 13.2 Å². The summed E-state index contributed by atoms with van der Waals surface area (Å²) in [6.45, 7) is 0. The van der Waals surface area contributed by atoms with Gasteiger partial charge >= 0.3 is 6.18 Å². The second kappa shape index (κ2) is 4.22. The van der Waals surface area contributed by atoms with E-state index in [0.717, 1.165) is 12.8 Å². The van der Waals surface area contributed by atoms with Gasteiger partial charge in [-0.25, -0.2) is 4.99 Å². The highest BCUT2D eigenvalue weighted by molar-refractivity contribution is 7.80. The van der Waals surface area contributed by atoms with E-state index in [-0.39, 0.29) is 4.99 Å². The van der Waals surface area contributed by atoms with E-state index in [1.807, 2.05) is 0 Å². The molecule has 1 heterocycles. The zero-order valence-corrected chi connectivity index (χ0v) is 9.66. The van der Waals surface area contributed by atoms with Gasteiger partial charge in [0.25, 0.3) is 0 Å². The van der Waals surface area contributed by atoms with Gasteiger partial charge in [0, 0.05) is 11.6 Å². The van der Waals surface area contributed by atoms with Crippen LogP contribution in [0.4, 0.5) is 13.2 Å². The number of nitrogens with zero attached hydrogens (tertiary/aromatic N) is 2. The first kappa shape index (κ1) is 12.2. The molecule has 0 aromatic rings. The van der Waals surface area contributed by atoms with Crippen LogP contribution in [-0.2, 0) is 0 Å². The molecule has 0 spiro atoms. The summed E-state index contributed by atoms with van der Waals surface area (Å²) < 4.78 is 39.0. The van der Waals surface area contributed by atoms with Crippen molar-refractivity contribution in [2.24, 2.45) is 10.9 Å². The maximum Gasteiger partial charge on any atom is 0.414 e. The second-order valence-corrected chi connectivity index (χ2v) is 4.49. The van der Waals surface area contributed by atoms with Crippen LogP contribution in [0.1, 0.15) is 25.7 Å². The first-order valence-electron chi connectivity index (χ1n) is 5.28. The van der Waals surface area contributed by atoms with Crippen LogP contribution in [-0.4, -0.2) is 16.9 Å². The number of allylic oxidation sites excluding steroid dienone is 1. The minimum Gasteiger partial charge on any atom is -0.244 e. The topological polar surface area (TPSA) is 36.1 Å². The number of halogens is 3. The van der Waals surface area contributed by atoms with E-state index in [1.165, 1.54) is 0 Å². The van der Waals surface area contributed by atoms with Crippen LogP contribution >= 0.6 is 12.2 Å². The molecule has 17 heavy (non-hydrogen) atoms. The Hall–Kier alpha value is -1.22. The standard InChI is InChI=1S/C11H9F3N2S/c12-11(13,14)9-6-3-1-2-4-8(6)16-10(17)7(9)5-15/h6H,1-4H2. The fourth-order valence-electron chi connectivity index (χ4n) is 2.36. The van der Waals surface area contributed by atoms with E-state index in [0.29, 0.717) is 18.6 Å². The highest BCUT2D eigenvalue weighted by atomic mass is 32.1. The van der Waals surface area contributed by atoms with E-state index in [2.05, 4.69) is 4.99 Å². The van der Waals surface area contributed by atoms with Gasteiger partial charge in [0.1, 0.15) is 11.1 Å². The third-order valence-electron chi connectivity index (χ3n) is 3.07. The molecule has 0 amide bonds. The Labute approximate surface area is 102 Å². The van der Waals surface area contributed by atoms with Crippen LogP contribution in [0.5, 0.6) is 0 Å². The van der Waals surface area contributed by atoms with Gasteiger partial charge in [0.2, 0.25) is 0 Å². The van der Waals surface area contributed by atoms with Crippen LogP contribution in [0, 0.1) is 17.2 Å². The van der Waals surface area contributed by atoms with E-state index < -0.39 is 23.2 Å². The second-order valence-electron chi connectivity index (χ2n) is 4.10. The van der Waals surface area contributed by atoms with Crippen LogP contribution in [0.25, 0.3) is 0 Å². The number of nitriles is 1. The summed E-state index contributed by atoms with van der Waals surface area (Å²) in [4.78, 5) is 3.77. The molecule has 1 fully saturated rings. The Balaban J connectivity index is 2.54. The highest BCUT2D eigenvalue weighted by Crippen LogP contribution is 2.42. The average molecular weight is 258 g/mol. The molecule has 1 saturated carbocycles. The number of rotatable bonds is 0. The molecule has 0 N–H and O–H groups in total. The van der Waals surface area contributed by atoms with Gasteiger partial charge in [-0.05, 0) is 19.3 Å². The third kappa shape index (κ3) is 2.12. The van der Waals surface area contributed by atoms with Gasteiger partial charge in [-0.1, -0.05) is 18.6 Å². The number of fused-ring (bicyclic) bond motifs is 1. The molecule has 1 aliphatic heterocycles. The van der Waals surface area contributed by atoms with Crippen LogP contribution < -0.4 is 0 Å². The minimum absolute atomic E-state index is 0.215. The summed E-state index contributed by atoms with van der Waals surface area (Å²) >= 11 is 4.77. The Morgan fingerprint density at radius 3 is 2.65 bits per heavy atom. The summed E-state index contributed by atoms with van der Waals surface area (Å²) in [5.41, 5.74) is -0.759. The molecular formula is C11H9F3N2S. The first-order valence-corrected chi connectivity index (χ1v) is 5.69. The van der Waals surface area contributed by atoms with Crippen LogP contribution in [0.15, 0.2) is 16.1 Å². The summed E-state index contributed by atoms with van der Waals surface area (Å²) in [5.74, 6) is -0.759. The third-order valence-corrected chi connectivity index (χ3v) is 3.37. The Morgan fingerprint density at radius 2 is 2.06 bits per heavy atom. The largest absolute Gasteiger partial charge is 0.414 e. The predicted molar refractivity (Wildman–Crippen MR) is 60.7 cm³/mol. The smallest absolute Gasteiger partial charge is 0.244 e. The molecule has 90 valence electrons. The van der Waals surface area contributed by atoms with Crippen molar-refractivity contribution in [3.63, 3.8) is 0 Å². The molecule has 2 nitrogen and oxygen atoms in total. The van der Waals surface area contributed by atoms with E-state index in [1.54, 1.807) is 6.07 Å². The van der Waals surface area contributed by atoms with Crippen molar-refractivity contribution < 1.29 is 13.2 Å². The lowest BCUT2D eigenvalue weighted by molar-refractivity contribution is -0.0974. The number of hydrogen-bond donors (Lipinski definition) is 0. The van der Waals surface area contributed by atoms with Gasteiger partial charge in [0.05, 0.1) is 11.1 Å². The lowest BCUT2D eigenvalue weighted by Gasteiger charge is -2.31. The maximum absolute atomic E-state index is 13.0. The fraction of sp³-hybridized carbons (Fsp3) is 0.545. The van der Waals surface area contributed by atoms with E-state index in [4.69, 9.17) is 17.5 Å². The Kier molecular flexibility index (Phi) is 3.04. The minimum atomic E-state index is -4.50. The van der Waals surface area contributed by atoms with Crippen molar-refractivity contribution in [3.05, 3.63) is 11.1 Å². The maximum atomic E-state index is 13.0. The van der Waals surface area contributed by atoms with Crippen LogP contribution in [0.3, 0.4) is 0 Å². The molecule has 1 unspecified atom stereocenters. The lowest BCUT2D eigenvalue weighted by Crippen LogP contribution is -2.34. The molecule has 2 aliphatic rings. The molecule has 1 aliphatic carbocycles. The Bertz CT molecular complexity index is 468. The molecule has 6 heteroatoms. The van der Waals surface area contributed by atoms with Crippen molar-refractivity contribution in [2.45, 2.75) is 31.9 Å². The van der Waals surface area contributed by atoms with Gasteiger partial charge in [-0.15, -0.1) is 0 Å². The van der Waals surface area contributed by atoms with Gasteiger partial charge in [-0.2, -0.15) is 18.4 Å². The van der Waals surface area contributed by atoms with Gasteiger partial charge in [-0.3, -0.25) is 0 Å². The van der Waals surface area contributed by atoms with Gasteiger partial charge in [0.15, 0.2) is 0 Å². The van der Waals surface area contributed by atoms with Crippen molar-refractivity contribution in [1.29, 1.82) is 5.26 Å². The number of dihydropyridines is 1. The number of hydrogen-bond acceptors (Lipinski definition) is 2. The van der Waals surface area contributed by atoms with E-state index >= 15 is 0 Å². The first-order chi connectivity index (χ1) is 7.95. The lowest BCUT2D eigenvalue weighted by atomic mass is 9.78. The quantitative estimate of drug-likeness (QED) is 0.625. The molecular weight excluding hydrogens is 249 g/mol. The Morgan fingerprint density at radius 1 is 1.35 bits per heavy atom. The zero-order valence-electron chi connectivity index (χ0n) is 8.84. The molecule has 0 radical (unpaired) electrons. The fourth-order valence-corrected chi connectivity index (χ4v) is 2.64. The summed E-state index contributed by atoms with van der Waals surface area (Å²) in [7, 11) is 0.